The molecule has 4 saturated carbocycles. The Bertz CT molecular complexity index is 836. The molecule has 4 aliphatic rings. The van der Waals surface area contributed by atoms with E-state index < -0.39 is 15.6 Å². The molecule has 0 heterocycles. The van der Waals surface area contributed by atoms with E-state index >= 15 is 0 Å². The molecule has 154 valence electrons. The molecule has 1 N–H and O–H groups in total. The van der Waals surface area contributed by atoms with Crippen LogP contribution in [-0.4, -0.2) is 19.7 Å². The van der Waals surface area contributed by atoms with Gasteiger partial charge in [-0.2, -0.15) is 0 Å². The van der Waals surface area contributed by atoms with Crippen LogP contribution >= 0.6 is 11.6 Å². The monoisotopic (exact) mass is 423 g/mol. The Kier molecular flexibility index (Phi) is 5.39. The van der Waals surface area contributed by atoms with Crippen molar-refractivity contribution in [1.29, 1.82) is 0 Å². The first kappa shape index (κ1) is 20.4. The highest BCUT2D eigenvalue weighted by Gasteiger charge is 2.49. The Balaban J connectivity index is 1.41. The molecule has 4 fully saturated rings. The number of nitrogens with one attached hydrogen (secondary N) is 1. The SMILES string of the molecule is CC(C)(NS(=O)(=O)Cc1ccccc1Cl)C(=O)CC1C2CC3CC(C2)CC1C3. The molecule has 0 atom stereocenters. The van der Waals surface area contributed by atoms with Gasteiger partial charge in [-0.3, -0.25) is 4.79 Å². The second kappa shape index (κ2) is 7.41. The molecule has 28 heavy (non-hydrogen) atoms. The molecular formula is C22H30ClNO3S. The van der Waals surface area contributed by atoms with Crippen LogP contribution in [-0.2, 0) is 20.6 Å². The van der Waals surface area contributed by atoms with E-state index in [4.69, 9.17) is 11.6 Å². The van der Waals surface area contributed by atoms with E-state index in [9.17, 15) is 13.2 Å². The fourth-order valence-electron chi connectivity index (χ4n) is 6.14. The van der Waals surface area contributed by atoms with Crippen LogP contribution < -0.4 is 4.72 Å². The van der Waals surface area contributed by atoms with Gasteiger partial charge in [-0.1, -0.05) is 29.8 Å². The van der Waals surface area contributed by atoms with Crippen molar-refractivity contribution in [2.24, 2.45) is 29.6 Å². The van der Waals surface area contributed by atoms with Gasteiger partial charge >= 0.3 is 0 Å². The lowest BCUT2D eigenvalue weighted by Crippen LogP contribution is -2.52. The molecule has 0 aliphatic heterocycles. The van der Waals surface area contributed by atoms with Gasteiger partial charge in [0.1, 0.15) is 0 Å². The largest absolute Gasteiger partial charge is 0.298 e. The number of rotatable bonds is 7. The van der Waals surface area contributed by atoms with Crippen molar-refractivity contribution < 1.29 is 13.2 Å². The van der Waals surface area contributed by atoms with Gasteiger partial charge < -0.3 is 0 Å². The highest BCUT2D eigenvalue weighted by molar-refractivity contribution is 7.88. The average Bonchev–Trinajstić information content (AvgIpc) is 2.58. The molecular weight excluding hydrogens is 394 g/mol. The van der Waals surface area contributed by atoms with E-state index in [0.717, 1.165) is 11.8 Å². The number of ketones is 1. The summed E-state index contributed by atoms with van der Waals surface area (Å²) in [6.45, 7) is 3.38. The van der Waals surface area contributed by atoms with Gasteiger partial charge in [0, 0.05) is 11.4 Å². The third-order valence-corrected chi connectivity index (χ3v) is 9.14. The minimum absolute atomic E-state index is 0.00714. The van der Waals surface area contributed by atoms with Gasteiger partial charge in [0.25, 0.3) is 0 Å². The van der Waals surface area contributed by atoms with Crippen LogP contribution in [0.3, 0.4) is 0 Å². The van der Waals surface area contributed by atoms with Crippen LogP contribution in [0.25, 0.3) is 0 Å². The van der Waals surface area contributed by atoms with Crippen molar-refractivity contribution in [3.63, 3.8) is 0 Å². The number of sulfonamides is 1. The summed E-state index contributed by atoms with van der Waals surface area (Å²) in [6.07, 6.45) is 6.96. The summed E-state index contributed by atoms with van der Waals surface area (Å²) < 4.78 is 28.0. The van der Waals surface area contributed by atoms with Gasteiger partial charge in [0.15, 0.2) is 5.78 Å². The molecule has 0 spiro atoms. The van der Waals surface area contributed by atoms with Gasteiger partial charge in [0.05, 0.1) is 11.3 Å². The van der Waals surface area contributed by atoms with E-state index in [2.05, 4.69) is 4.72 Å². The number of Topliss-reactive ketones (excluding diaryl/α,β-unsaturated/α-hetero) is 1. The quantitative estimate of drug-likeness (QED) is 0.698. The standard InChI is InChI=1S/C22H30ClNO3S/c1-22(2,24-28(26,27)13-16-5-3-4-6-20(16)23)21(25)12-19-17-8-14-7-15(10-17)11-18(19)9-14/h3-6,14-15,17-19,24H,7-13H2,1-2H3. The van der Waals surface area contributed by atoms with Crippen LogP contribution in [0.5, 0.6) is 0 Å². The van der Waals surface area contributed by atoms with E-state index in [1.807, 2.05) is 0 Å². The maximum absolute atomic E-state index is 13.1. The average molecular weight is 424 g/mol. The van der Waals surface area contributed by atoms with Crippen LogP contribution in [0.4, 0.5) is 0 Å². The molecule has 4 nitrogen and oxygen atoms in total. The predicted molar refractivity (Wildman–Crippen MR) is 111 cm³/mol. The van der Waals surface area contributed by atoms with Crippen molar-refractivity contribution in [2.45, 2.75) is 63.7 Å². The molecule has 5 rings (SSSR count). The predicted octanol–water partition coefficient (Wildman–Crippen LogP) is 4.57. The summed E-state index contributed by atoms with van der Waals surface area (Å²) in [5.41, 5.74) is -0.560. The fraction of sp³-hybridized carbons (Fsp3) is 0.682. The summed E-state index contributed by atoms with van der Waals surface area (Å²) in [5, 5.41) is 0.422. The normalized spacial score (nSPS) is 31.9. The van der Waals surface area contributed by atoms with Gasteiger partial charge in [-0.05, 0) is 87.2 Å². The lowest BCUT2D eigenvalue weighted by Gasteiger charge is -2.54. The van der Waals surface area contributed by atoms with Crippen molar-refractivity contribution in [3.05, 3.63) is 34.9 Å². The zero-order valence-electron chi connectivity index (χ0n) is 16.7. The molecule has 0 amide bonds. The third kappa shape index (κ3) is 4.17. The topological polar surface area (TPSA) is 63.2 Å². The van der Waals surface area contributed by atoms with E-state index in [-0.39, 0.29) is 11.5 Å². The lowest BCUT2D eigenvalue weighted by molar-refractivity contribution is -0.128. The zero-order valence-corrected chi connectivity index (χ0v) is 18.2. The molecule has 4 aliphatic carbocycles. The molecule has 0 aromatic heterocycles. The van der Waals surface area contributed by atoms with E-state index in [1.165, 1.54) is 32.1 Å². The Morgan fingerprint density at radius 1 is 1.07 bits per heavy atom. The Labute approximate surface area is 173 Å². The van der Waals surface area contributed by atoms with Crippen LogP contribution in [0, 0.1) is 29.6 Å². The van der Waals surface area contributed by atoms with Crippen LogP contribution in [0.15, 0.2) is 24.3 Å². The van der Waals surface area contributed by atoms with Crippen molar-refractivity contribution >= 4 is 27.4 Å². The number of halogens is 1. The van der Waals surface area contributed by atoms with Crippen molar-refractivity contribution in [1.82, 2.24) is 4.72 Å². The minimum Gasteiger partial charge on any atom is -0.298 e. The van der Waals surface area contributed by atoms with E-state index in [0.29, 0.717) is 34.8 Å². The maximum atomic E-state index is 13.1. The highest BCUT2D eigenvalue weighted by Crippen LogP contribution is 2.57. The summed E-state index contributed by atoms with van der Waals surface area (Å²) in [5.74, 6) is 3.29. The molecule has 0 saturated heterocycles. The summed E-state index contributed by atoms with van der Waals surface area (Å²) in [4.78, 5) is 13.1. The number of carbonyl (C=O) groups is 1. The maximum Gasteiger partial charge on any atom is 0.216 e. The molecule has 4 bridgehead atoms. The smallest absolute Gasteiger partial charge is 0.216 e. The molecule has 6 heteroatoms. The number of carbonyl (C=O) groups excluding carboxylic acids is 1. The molecule has 1 aromatic carbocycles. The molecule has 0 radical (unpaired) electrons. The molecule has 0 unspecified atom stereocenters. The first-order valence-electron chi connectivity index (χ1n) is 10.4. The zero-order chi connectivity index (χ0) is 20.1. The first-order valence-corrected chi connectivity index (χ1v) is 12.4. The molecule has 1 aromatic rings. The number of hydrogen-bond donors (Lipinski definition) is 1. The highest BCUT2D eigenvalue weighted by atomic mass is 35.5. The Hall–Kier alpha value is -0.910. The summed E-state index contributed by atoms with van der Waals surface area (Å²) in [6, 6.07) is 6.91. The lowest BCUT2D eigenvalue weighted by atomic mass is 9.51. The minimum atomic E-state index is -3.68. The van der Waals surface area contributed by atoms with Crippen molar-refractivity contribution in [3.8, 4) is 0 Å². The van der Waals surface area contributed by atoms with Crippen molar-refractivity contribution in [2.75, 3.05) is 0 Å². The Morgan fingerprint density at radius 3 is 2.21 bits per heavy atom. The second-order valence-electron chi connectivity index (χ2n) is 9.80. The fourth-order valence-corrected chi connectivity index (χ4v) is 8.05. The van der Waals surface area contributed by atoms with Crippen LogP contribution in [0.1, 0.15) is 57.9 Å². The number of hydrogen-bond acceptors (Lipinski definition) is 3. The van der Waals surface area contributed by atoms with Crippen LogP contribution in [0.2, 0.25) is 5.02 Å². The Morgan fingerprint density at radius 2 is 1.64 bits per heavy atom. The van der Waals surface area contributed by atoms with Gasteiger partial charge in [-0.25, -0.2) is 13.1 Å². The second-order valence-corrected chi connectivity index (χ2v) is 11.9. The third-order valence-electron chi connectivity index (χ3n) is 7.25. The van der Waals surface area contributed by atoms with Gasteiger partial charge in [-0.15, -0.1) is 0 Å². The number of benzene rings is 1. The first-order chi connectivity index (χ1) is 13.1. The summed E-state index contributed by atoms with van der Waals surface area (Å²) in [7, 11) is -3.68. The summed E-state index contributed by atoms with van der Waals surface area (Å²) >= 11 is 6.10. The van der Waals surface area contributed by atoms with Gasteiger partial charge in [0.2, 0.25) is 10.0 Å². The van der Waals surface area contributed by atoms with E-state index in [1.54, 1.807) is 38.1 Å².